The van der Waals surface area contributed by atoms with Crippen molar-refractivity contribution < 1.29 is 9.53 Å². The molecule has 6 nitrogen and oxygen atoms in total. The van der Waals surface area contributed by atoms with Gasteiger partial charge in [-0.3, -0.25) is 9.48 Å². The van der Waals surface area contributed by atoms with E-state index in [-0.39, 0.29) is 18.0 Å². The molecule has 2 rings (SSSR count). The van der Waals surface area contributed by atoms with Gasteiger partial charge in [-0.25, -0.2) is 0 Å². The molecule has 0 radical (unpaired) electrons. The first-order valence-electron chi connectivity index (χ1n) is 7.04. The highest BCUT2D eigenvalue weighted by Crippen LogP contribution is 2.29. The fourth-order valence-corrected chi connectivity index (χ4v) is 2.81. The van der Waals surface area contributed by atoms with E-state index >= 15 is 0 Å². The molecule has 6 heteroatoms. The summed E-state index contributed by atoms with van der Waals surface area (Å²) >= 11 is 0. The van der Waals surface area contributed by atoms with Gasteiger partial charge in [0.25, 0.3) is 0 Å². The zero-order valence-corrected chi connectivity index (χ0v) is 12.7. The summed E-state index contributed by atoms with van der Waals surface area (Å²) in [5, 5.41) is 4.44. The Labute approximate surface area is 119 Å². The van der Waals surface area contributed by atoms with Crippen molar-refractivity contribution in [2.24, 2.45) is 12.8 Å². The first kappa shape index (κ1) is 15.0. The van der Waals surface area contributed by atoms with Gasteiger partial charge >= 0.3 is 0 Å². The van der Waals surface area contributed by atoms with Crippen LogP contribution in [0.4, 0.5) is 0 Å². The molecule has 0 aromatic carbocycles. The number of aromatic nitrogens is 2. The summed E-state index contributed by atoms with van der Waals surface area (Å²) in [5.74, 6) is 0.0935. The van der Waals surface area contributed by atoms with Gasteiger partial charge in [0.1, 0.15) is 0 Å². The van der Waals surface area contributed by atoms with Crippen LogP contribution in [0.2, 0.25) is 0 Å². The zero-order chi connectivity index (χ0) is 14.9. The molecular formula is C14H24N4O2. The average Bonchev–Trinajstić information content (AvgIpc) is 2.62. The van der Waals surface area contributed by atoms with E-state index in [2.05, 4.69) is 5.10 Å². The molecule has 1 aromatic rings. The topological polar surface area (TPSA) is 73.4 Å². The second-order valence-corrected chi connectivity index (χ2v) is 5.57. The molecule has 0 saturated carbocycles. The van der Waals surface area contributed by atoms with Crippen molar-refractivity contribution in [1.29, 1.82) is 0 Å². The lowest BCUT2D eigenvalue weighted by atomic mass is 10.0. The van der Waals surface area contributed by atoms with E-state index < -0.39 is 0 Å². The van der Waals surface area contributed by atoms with Crippen molar-refractivity contribution in [3.8, 4) is 0 Å². The minimum atomic E-state index is -0.123. The van der Waals surface area contributed by atoms with E-state index in [1.807, 2.05) is 37.4 Å². The van der Waals surface area contributed by atoms with E-state index in [9.17, 15) is 4.79 Å². The summed E-state index contributed by atoms with van der Waals surface area (Å²) < 4.78 is 7.43. The van der Waals surface area contributed by atoms with Gasteiger partial charge in [-0.1, -0.05) is 0 Å². The van der Waals surface area contributed by atoms with Crippen molar-refractivity contribution >= 4 is 5.91 Å². The third kappa shape index (κ3) is 2.86. The molecule has 1 fully saturated rings. The van der Waals surface area contributed by atoms with E-state index in [1.54, 1.807) is 0 Å². The van der Waals surface area contributed by atoms with Gasteiger partial charge < -0.3 is 15.4 Å². The van der Waals surface area contributed by atoms with Crippen molar-refractivity contribution in [2.45, 2.75) is 39.3 Å². The molecule has 1 aromatic heterocycles. The molecule has 1 amide bonds. The third-order valence-corrected chi connectivity index (χ3v) is 3.84. The molecule has 1 aliphatic heterocycles. The lowest BCUT2D eigenvalue weighted by Crippen LogP contribution is -2.45. The highest BCUT2D eigenvalue weighted by Gasteiger charge is 2.32. The number of nitrogens with zero attached hydrogens (tertiary/aromatic N) is 3. The molecular weight excluding hydrogens is 256 g/mol. The first-order valence-corrected chi connectivity index (χ1v) is 7.04. The third-order valence-electron chi connectivity index (χ3n) is 3.84. The number of morpholine rings is 1. The van der Waals surface area contributed by atoms with Crippen LogP contribution < -0.4 is 5.73 Å². The van der Waals surface area contributed by atoms with Gasteiger partial charge in [-0.2, -0.15) is 5.10 Å². The maximum absolute atomic E-state index is 12.4. The Kier molecular flexibility index (Phi) is 4.45. The van der Waals surface area contributed by atoms with Crippen molar-refractivity contribution in [3.63, 3.8) is 0 Å². The number of carbonyl (C=O) groups is 1. The van der Waals surface area contributed by atoms with Crippen LogP contribution in [0.1, 0.15) is 36.3 Å². The monoisotopic (exact) mass is 280 g/mol. The fraction of sp³-hybridized carbons (Fsp3) is 0.714. The van der Waals surface area contributed by atoms with Crippen LogP contribution in [0.25, 0.3) is 0 Å². The van der Waals surface area contributed by atoms with Crippen LogP contribution in [-0.4, -0.2) is 46.4 Å². The predicted octanol–water partition coefficient (Wildman–Crippen LogP) is 0.674. The van der Waals surface area contributed by atoms with Crippen LogP contribution >= 0.6 is 0 Å². The quantitative estimate of drug-likeness (QED) is 0.883. The standard InChI is InChI=1S/C14H24N4O2/c1-9(15)7-13(19)18-5-6-20-8-12(18)14-10(2)16-17(4)11(14)3/h9,12H,5-8,15H2,1-4H3. The Bertz CT molecular complexity index is 496. The summed E-state index contributed by atoms with van der Waals surface area (Å²) in [6, 6.07) is -0.175. The zero-order valence-electron chi connectivity index (χ0n) is 12.7. The number of hydrogen-bond acceptors (Lipinski definition) is 4. The molecule has 1 aliphatic rings. The van der Waals surface area contributed by atoms with Crippen LogP contribution in [0.3, 0.4) is 0 Å². The Morgan fingerprint density at radius 2 is 2.25 bits per heavy atom. The Balaban J connectivity index is 2.29. The molecule has 20 heavy (non-hydrogen) atoms. The molecule has 2 unspecified atom stereocenters. The van der Waals surface area contributed by atoms with Crippen LogP contribution in [0.15, 0.2) is 0 Å². The van der Waals surface area contributed by atoms with E-state index in [0.29, 0.717) is 26.2 Å². The molecule has 0 bridgehead atoms. The van der Waals surface area contributed by atoms with Gasteiger partial charge in [0.05, 0.1) is 24.9 Å². The van der Waals surface area contributed by atoms with Crippen LogP contribution in [-0.2, 0) is 16.6 Å². The number of carbonyl (C=O) groups excluding carboxylic acids is 1. The lowest BCUT2D eigenvalue weighted by molar-refractivity contribution is -0.140. The van der Waals surface area contributed by atoms with Gasteiger partial charge in [0.15, 0.2) is 0 Å². The maximum Gasteiger partial charge on any atom is 0.224 e. The summed E-state index contributed by atoms with van der Waals surface area (Å²) in [5.41, 5.74) is 8.89. The minimum absolute atomic E-state index is 0.0521. The number of amides is 1. The van der Waals surface area contributed by atoms with Gasteiger partial charge in [-0.05, 0) is 20.8 Å². The van der Waals surface area contributed by atoms with Crippen molar-refractivity contribution in [2.75, 3.05) is 19.8 Å². The SMILES string of the molecule is Cc1nn(C)c(C)c1C1COCCN1C(=O)CC(C)N. The Morgan fingerprint density at radius 3 is 2.80 bits per heavy atom. The number of hydrogen-bond donors (Lipinski definition) is 1. The average molecular weight is 280 g/mol. The molecule has 2 heterocycles. The Hall–Kier alpha value is -1.40. The number of aryl methyl sites for hydroxylation is 2. The van der Waals surface area contributed by atoms with E-state index in [0.717, 1.165) is 17.0 Å². The normalized spacial score (nSPS) is 21.1. The smallest absolute Gasteiger partial charge is 0.224 e. The minimum Gasteiger partial charge on any atom is -0.377 e. The van der Waals surface area contributed by atoms with E-state index in [1.165, 1.54) is 0 Å². The number of ether oxygens (including phenoxy) is 1. The highest BCUT2D eigenvalue weighted by atomic mass is 16.5. The lowest BCUT2D eigenvalue weighted by Gasteiger charge is -2.36. The maximum atomic E-state index is 12.4. The van der Waals surface area contributed by atoms with Gasteiger partial charge in [0.2, 0.25) is 5.91 Å². The second-order valence-electron chi connectivity index (χ2n) is 5.57. The summed E-state index contributed by atoms with van der Waals surface area (Å²) in [4.78, 5) is 14.3. The highest BCUT2D eigenvalue weighted by molar-refractivity contribution is 5.77. The summed E-state index contributed by atoms with van der Waals surface area (Å²) in [7, 11) is 1.92. The molecule has 112 valence electrons. The van der Waals surface area contributed by atoms with Crippen molar-refractivity contribution in [1.82, 2.24) is 14.7 Å². The largest absolute Gasteiger partial charge is 0.377 e. The van der Waals surface area contributed by atoms with Crippen LogP contribution in [0, 0.1) is 13.8 Å². The number of nitrogens with two attached hydrogens (primary N) is 1. The molecule has 1 saturated heterocycles. The Morgan fingerprint density at radius 1 is 1.55 bits per heavy atom. The second kappa shape index (κ2) is 5.93. The van der Waals surface area contributed by atoms with Gasteiger partial charge in [-0.15, -0.1) is 0 Å². The summed E-state index contributed by atoms with van der Waals surface area (Å²) in [6.45, 7) is 7.58. The molecule has 2 N–H and O–H groups in total. The summed E-state index contributed by atoms with van der Waals surface area (Å²) in [6.07, 6.45) is 0.370. The predicted molar refractivity (Wildman–Crippen MR) is 76.2 cm³/mol. The van der Waals surface area contributed by atoms with Gasteiger partial charge in [0, 0.05) is 37.3 Å². The first-order chi connectivity index (χ1) is 9.41. The molecule has 0 spiro atoms. The molecule has 2 atom stereocenters. The van der Waals surface area contributed by atoms with Crippen molar-refractivity contribution in [3.05, 3.63) is 17.0 Å². The molecule has 0 aliphatic carbocycles. The van der Waals surface area contributed by atoms with E-state index in [4.69, 9.17) is 10.5 Å². The van der Waals surface area contributed by atoms with Crippen LogP contribution in [0.5, 0.6) is 0 Å². The number of rotatable bonds is 3. The fourth-order valence-electron chi connectivity index (χ4n) is 2.81.